The quantitative estimate of drug-likeness (QED) is 0.887. The van der Waals surface area contributed by atoms with Crippen LogP contribution in [-0.2, 0) is 6.42 Å². The standard InChI is InChI=1S/C14H16ClFN2/c1-3-5-9-6-10-7-11(15)12(16)8-13(10)18-14(9)17-4-2/h6-8H,3-5H2,1-2H3,(H,17,18). The number of nitrogens with one attached hydrogen (secondary N) is 1. The lowest BCUT2D eigenvalue weighted by Gasteiger charge is -2.11. The highest BCUT2D eigenvalue weighted by atomic mass is 35.5. The SMILES string of the molecule is CCCc1cc2cc(Cl)c(F)cc2nc1NCC. The van der Waals surface area contributed by atoms with Gasteiger partial charge in [0.1, 0.15) is 11.6 Å². The molecule has 1 aromatic carbocycles. The molecule has 96 valence electrons. The summed E-state index contributed by atoms with van der Waals surface area (Å²) in [6, 6.07) is 5.05. The van der Waals surface area contributed by atoms with E-state index in [1.54, 1.807) is 6.07 Å². The molecule has 0 amide bonds. The van der Waals surface area contributed by atoms with Crippen LogP contribution in [0.5, 0.6) is 0 Å². The van der Waals surface area contributed by atoms with Crippen molar-refractivity contribution in [2.75, 3.05) is 11.9 Å². The van der Waals surface area contributed by atoms with Gasteiger partial charge in [-0.2, -0.15) is 0 Å². The number of rotatable bonds is 4. The van der Waals surface area contributed by atoms with E-state index in [9.17, 15) is 4.39 Å². The van der Waals surface area contributed by atoms with E-state index in [0.717, 1.165) is 36.2 Å². The van der Waals surface area contributed by atoms with E-state index in [1.165, 1.54) is 6.07 Å². The number of fused-ring (bicyclic) bond motifs is 1. The fourth-order valence-electron chi connectivity index (χ4n) is 1.99. The van der Waals surface area contributed by atoms with E-state index in [0.29, 0.717) is 5.52 Å². The Morgan fingerprint density at radius 2 is 2.06 bits per heavy atom. The lowest BCUT2D eigenvalue weighted by atomic mass is 10.1. The first kappa shape index (κ1) is 13.1. The van der Waals surface area contributed by atoms with Crippen LogP contribution in [0.25, 0.3) is 10.9 Å². The van der Waals surface area contributed by atoms with Crippen molar-refractivity contribution in [2.24, 2.45) is 0 Å². The van der Waals surface area contributed by atoms with Crippen LogP contribution in [0.1, 0.15) is 25.8 Å². The number of benzene rings is 1. The van der Waals surface area contributed by atoms with E-state index in [-0.39, 0.29) is 5.02 Å². The van der Waals surface area contributed by atoms with Crippen LogP contribution in [0.15, 0.2) is 18.2 Å². The highest BCUT2D eigenvalue weighted by Gasteiger charge is 2.08. The largest absolute Gasteiger partial charge is 0.370 e. The van der Waals surface area contributed by atoms with Crippen LogP contribution in [0.2, 0.25) is 5.02 Å². The highest BCUT2D eigenvalue weighted by molar-refractivity contribution is 6.31. The number of hydrogen-bond donors (Lipinski definition) is 1. The summed E-state index contributed by atoms with van der Waals surface area (Å²) in [6.45, 7) is 4.94. The maximum atomic E-state index is 13.4. The summed E-state index contributed by atoms with van der Waals surface area (Å²) in [5.74, 6) is 0.413. The van der Waals surface area contributed by atoms with Crippen molar-refractivity contribution < 1.29 is 4.39 Å². The highest BCUT2D eigenvalue weighted by Crippen LogP contribution is 2.26. The molecule has 0 unspecified atom stereocenters. The molecule has 0 radical (unpaired) electrons. The molecule has 0 aliphatic rings. The average Bonchev–Trinajstić information content (AvgIpc) is 2.33. The van der Waals surface area contributed by atoms with E-state index >= 15 is 0 Å². The molecule has 0 aliphatic heterocycles. The molecular weight excluding hydrogens is 251 g/mol. The molecule has 2 rings (SSSR count). The Hall–Kier alpha value is -1.35. The van der Waals surface area contributed by atoms with Crippen LogP contribution in [0.3, 0.4) is 0 Å². The summed E-state index contributed by atoms with van der Waals surface area (Å²) < 4.78 is 13.4. The lowest BCUT2D eigenvalue weighted by Crippen LogP contribution is -2.04. The summed E-state index contributed by atoms with van der Waals surface area (Å²) in [7, 11) is 0. The predicted molar refractivity (Wildman–Crippen MR) is 74.9 cm³/mol. The van der Waals surface area contributed by atoms with Crippen LogP contribution < -0.4 is 5.32 Å². The molecule has 2 nitrogen and oxygen atoms in total. The van der Waals surface area contributed by atoms with Crippen LogP contribution in [-0.4, -0.2) is 11.5 Å². The van der Waals surface area contributed by atoms with Gasteiger partial charge >= 0.3 is 0 Å². The summed E-state index contributed by atoms with van der Waals surface area (Å²) in [4.78, 5) is 4.48. The number of pyridine rings is 1. The predicted octanol–water partition coefficient (Wildman–Crippen LogP) is 4.41. The number of anilines is 1. The molecule has 1 heterocycles. The Morgan fingerprint density at radius 1 is 1.28 bits per heavy atom. The van der Waals surface area contributed by atoms with Crippen LogP contribution in [0, 0.1) is 5.82 Å². The normalized spacial score (nSPS) is 10.9. The van der Waals surface area contributed by atoms with Gasteiger partial charge in [0.15, 0.2) is 0 Å². The zero-order valence-electron chi connectivity index (χ0n) is 10.6. The number of halogens is 2. The first-order valence-corrected chi connectivity index (χ1v) is 6.56. The molecule has 4 heteroatoms. The fourth-order valence-corrected chi connectivity index (χ4v) is 2.16. The maximum absolute atomic E-state index is 13.4. The summed E-state index contributed by atoms with van der Waals surface area (Å²) in [5.41, 5.74) is 1.78. The summed E-state index contributed by atoms with van der Waals surface area (Å²) in [5, 5.41) is 4.24. The third-order valence-electron chi connectivity index (χ3n) is 2.80. The van der Waals surface area contributed by atoms with Gasteiger partial charge < -0.3 is 5.32 Å². The molecule has 18 heavy (non-hydrogen) atoms. The van der Waals surface area contributed by atoms with E-state index in [2.05, 4.69) is 17.2 Å². The van der Waals surface area contributed by atoms with Crippen molar-refractivity contribution in [1.82, 2.24) is 4.98 Å². The first-order chi connectivity index (χ1) is 8.65. The Bertz CT molecular complexity index is 519. The van der Waals surface area contributed by atoms with Gasteiger partial charge in [0.05, 0.1) is 10.5 Å². The van der Waals surface area contributed by atoms with Crippen molar-refractivity contribution in [1.29, 1.82) is 0 Å². The summed E-state index contributed by atoms with van der Waals surface area (Å²) in [6.07, 6.45) is 1.99. The Labute approximate surface area is 111 Å². The van der Waals surface area contributed by atoms with Crippen molar-refractivity contribution in [2.45, 2.75) is 26.7 Å². The van der Waals surface area contributed by atoms with Crippen LogP contribution >= 0.6 is 11.6 Å². The topological polar surface area (TPSA) is 24.9 Å². The average molecular weight is 267 g/mol. The molecule has 0 fully saturated rings. The molecular formula is C14H16ClFN2. The Balaban J connectivity index is 2.60. The van der Waals surface area contributed by atoms with Crippen molar-refractivity contribution in [3.05, 3.63) is 34.6 Å². The van der Waals surface area contributed by atoms with Gasteiger partial charge in [0, 0.05) is 18.0 Å². The van der Waals surface area contributed by atoms with Crippen molar-refractivity contribution in [3.63, 3.8) is 0 Å². The second-order valence-corrected chi connectivity index (χ2v) is 4.64. The van der Waals surface area contributed by atoms with Gasteiger partial charge in [-0.05, 0) is 31.0 Å². The second-order valence-electron chi connectivity index (χ2n) is 4.24. The van der Waals surface area contributed by atoms with Gasteiger partial charge in [-0.1, -0.05) is 24.9 Å². The number of aryl methyl sites for hydroxylation is 1. The molecule has 0 aliphatic carbocycles. The van der Waals surface area contributed by atoms with Crippen molar-refractivity contribution >= 4 is 28.3 Å². The maximum Gasteiger partial charge on any atom is 0.143 e. The van der Waals surface area contributed by atoms with Crippen LogP contribution in [0.4, 0.5) is 10.2 Å². The molecule has 0 atom stereocenters. The molecule has 1 N–H and O–H groups in total. The third-order valence-corrected chi connectivity index (χ3v) is 3.09. The number of aromatic nitrogens is 1. The molecule has 1 aromatic heterocycles. The minimum Gasteiger partial charge on any atom is -0.370 e. The van der Waals surface area contributed by atoms with Gasteiger partial charge in [0.25, 0.3) is 0 Å². The smallest absolute Gasteiger partial charge is 0.143 e. The van der Waals surface area contributed by atoms with Crippen molar-refractivity contribution in [3.8, 4) is 0 Å². The molecule has 0 bridgehead atoms. The summed E-state index contributed by atoms with van der Waals surface area (Å²) >= 11 is 5.80. The lowest BCUT2D eigenvalue weighted by molar-refractivity contribution is 0.630. The minimum absolute atomic E-state index is 0.142. The Morgan fingerprint density at radius 3 is 2.72 bits per heavy atom. The molecule has 0 spiro atoms. The van der Waals surface area contributed by atoms with Gasteiger partial charge in [-0.15, -0.1) is 0 Å². The zero-order chi connectivity index (χ0) is 13.1. The Kier molecular flexibility index (Phi) is 4.02. The number of hydrogen-bond acceptors (Lipinski definition) is 2. The number of nitrogens with zero attached hydrogens (tertiary/aromatic N) is 1. The van der Waals surface area contributed by atoms with Gasteiger partial charge in [0.2, 0.25) is 0 Å². The first-order valence-electron chi connectivity index (χ1n) is 6.18. The molecule has 0 saturated heterocycles. The fraction of sp³-hybridized carbons (Fsp3) is 0.357. The second kappa shape index (κ2) is 5.53. The third kappa shape index (κ3) is 2.56. The minimum atomic E-state index is -0.428. The monoisotopic (exact) mass is 266 g/mol. The van der Waals surface area contributed by atoms with E-state index in [1.807, 2.05) is 13.0 Å². The molecule has 0 saturated carbocycles. The zero-order valence-corrected chi connectivity index (χ0v) is 11.3. The molecule has 2 aromatic rings. The van der Waals surface area contributed by atoms with E-state index < -0.39 is 5.82 Å². The van der Waals surface area contributed by atoms with Gasteiger partial charge in [-0.25, -0.2) is 9.37 Å². The van der Waals surface area contributed by atoms with Gasteiger partial charge in [-0.3, -0.25) is 0 Å². The van der Waals surface area contributed by atoms with E-state index in [4.69, 9.17) is 11.6 Å².